The largest absolute Gasteiger partial charge is 0.395 e. The fraction of sp³-hybridized carbons (Fsp3) is 0.300. The van der Waals surface area contributed by atoms with Gasteiger partial charge in [0, 0.05) is 16.6 Å². The number of aliphatic hydroxyl groups excluding tert-OH is 1. The van der Waals surface area contributed by atoms with Crippen LogP contribution in [0.5, 0.6) is 0 Å². The molecule has 0 saturated heterocycles. The van der Waals surface area contributed by atoms with Gasteiger partial charge in [0.15, 0.2) is 0 Å². The molecule has 0 amide bonds. The van der Waals surface area contributed by atoms with Crippen LogP contribution in [-0.4, -0.2) is 18.3 Å². The van der Waals surface area contributed by atoms with Crippen molar-refractivity contribution < 1.29 is 9.50 Å². The Bertz CT molecular complexity index is 378. The number of benzene rings is 1. The van der Waals surface area contributed by atoms with E-state index in [0.29, 0.717) is 16.6 Å². The van der Waals surface area contributed by atoms with Crippen LogP contribution in [0.15, 0.2) is 22.7 Å². The molecule has 1 rings (SSSR count). The van der Waals surface area contributed by atoms with Gasteiger partial charge in [0.2, 0.25) is 0 Å². The summed E-state index contributed by atoms with van der Waals surface area (Å²) in [5.74, 6) is -0.390. The van der Waals surface area contributed by atoms with Gasteiger partial charge in [-0.2, -0.15) is 5.26 Å². The molecule has 0 aliphatic rings. The van der Waals surface area contributed by atoms with Gasteiger partial charge in [0.1, 0.15) is 11.9 Å². The van der Waals surface area contributed by atoms with E-state index in [1.807, 2.05) is 6.07 Å². The Morgan fingerprint density at radius 1 is 1.60 bits per heavy atom. The molecule has 2 N–H and O–H groups in total. The zero-order valence-corrected chi connectivity index (χ0v) is 9.46. The lowest BCUT2D eigenvalue weighted by atomic mass is 10.1. The Kier molecular flexibility index (Phi) is 4.69. The van der Waals surface area contributed by atoms with Gasteiger partial charge in [-0.3, -0.25) is 5.32 Å². The van der Waals surface area contributed by atoms with Crippen LogP contribution in [0.3, 0.4) is 0 Å². The monoisotopic (exact) mass is 272 g/mol. The first-order valence-corrected chi connectivity index (χ1v) is 5.17. The Morgan fingerprint density at radius 2 is 2.33 bits per heavy atom. The summed E-state index contributed by atoms with van der Waals surface area (Å²) in [6.45, 7) is 0.228. The fourth-order valence-corrected chi connectivity index (χ4v) is 1.65. The van der Waals surface area contributed by atoms with Crippen molar-refractivity contribution >= 4 is 15.9 Å². The van der Waals surface area contributed by atoms with Gasteiger partial charge in [0.05, 0.1) is 12.7 Å². The molecule has 15 heavy (non-hydrogen) atoms. The van der Waals surface area contributed by atoms with E-state index in [-0.39, 0.29) is 12.4 Å². The van der Waals surface area contributed by atoms with E-state index < -0.39 is 6.04 Å². The van der Waals surface area contributed by atoms with E-state index >= 15 is 0 Å². The van der Waals surface area contributed by atoms with Gasteiger partial charge in [-0.05, 0) is 18.2 Å². The van der Waals surface area contributed by atoms with Crippen LogP contribution in [0.25, 0.3) is 0 Å². The molecule has 80 valence electrons. The van der Waals surface area contributed by atoms with E-state index in [0.717, 1.165) is 0 Å². The highest BCUT2D eigenvalue weighted by Gasteiger charge is 2.13. The number of rotatable bonds is 4. The minimum atomic E-state index is -0.623. The lowest BCUT2D eigenvalue weighted by Gasteiger charge is -2.12. The van der Waals surface area contributed by atoms with E-state index in [2.05, 4.69) is 21.2 Å². The molecule has 0 radical (unpaired) electrons. The first-order valence-electron chi connectivity index (χ1n) is 4.38. The molecule has 0 aliphatic heterocycles. The molecule has 0 bridgehead atoms. The number of hydrogen-bond acceptors (Lipinski definition) is 3. The Hall–Kier alpha value is -0.960. The number of nitrogens with one attached hydrogen (secondary N) is 1. The summed E-state index contributed by atoms with van der Waals surface area (Å²) < 4.78 is 13.6. The summed E-state index contributed by atoms with van der Waals surface area (Å²) in [7, 11) is 0. The van der Waals surface area contributed by atoms with Gasteiger partial charge < -0.3 is 5.11 Å². The number of nitrogens with zero attached hydrogens (tertiary/aromatic N) is 1. The van der Waals surface area contributed by atoms with Crippen molar-refractivity contribution in [1.29, 1.82) is 5.26 Å². The molecule has 1 unspecified atom stereocenters. The van der Waals surface area contributed by atoms with Gasteiger partial charge in [-0.1, -0.05) is 15.9 Å². The maximum Gasteiger partial charge on any atom is 0.123 e. The van der Waals surface area contributed by atoms with Crippen molar-refractivity contribution in [2.45, 2.75) is 6.04 Å². The number of hydrogen-bond donors (Lipinski definition) is 2. The molecule has 1 atom stereocenters. The second-order valence-electron chi connectivity index (χ2n) is 2.91. The van der Waals surface area contributed by atoms with Crippen molar-refractivity contribution in [2.24, 2.45) is 0 Å². The lowest BCUT2D eigenvalue weighted by molar-refractivity contribution is 0.289. The SMILES string of the molecule is N#CC(NCCO)c1cc(F)ccc1Br. The summed E-state index contributed by atoms with van der Waals surface area (Å²) in [5.41, 5.74) is 0.533. The quantitative estimate of drug-likeness (QED) is 0.878. The minimum absolute atomic E-state index is 0.0644. The predicted molar refractivity (Wildman–Crippen MR) is 57.5 cm³/mol. The van der Waals surface area contributed by atoms with Gasteiger partial charge >= 0.3 is 0 Å². The summed E-state index contributed by atoms with van der Waals surface area (Å²) in [4.78, 5) is 0. The topological polar surface area (TPSA) is 56.0 Å². The highest BCUT2D eigenvalue weighted by molar-refractivity contribution is 9.10. The number of aliphatic hydroxyl groups is 1. The van der Waals surface area contributed by atoms with Crippen molar-refractivity contribution in [3.8, 4) is 6.07 Å². The fourth-order valence-electron chi connectivity index (χ4n) is 1.17. The third-order valence-corrected chi connectivity index (χ3v) is 2.58. The first kappa shape index (κ1) is 12.1. The van der Waals surface area contributed by atoms with E-state index in [9.17, 15) is 4.39 Å². The first-order chi connectivity index (χ1) is 7.19. The summed E-state index contributed by atoms with van der Waals surface area (Å²) in [6.07, 6.45) is 0. The Morgan fingerprint density at radius 3 is 2.93 bits per heavy atom. The van der Waals surface area contributed by atoms with Crippen LogP contribution in [-0.2, 0) is 0 Å². The molecule has 0 spiro atoms. The van der Waals surface area contributed by atoms with E-state index in [1.165, 1.54) is 12.1 Å². The van der Waals surface area contributed by atoms with Crippen LogP contribution in [0.4, 0.5) is 4.39 Å². The van der Waals surface area contributed by atoms with Gasteiger partial charge in [0.25, 0.3) is 0 Å². The van der Waals surface area contributed by atoms with Crippen LogP contribution >= 0.6 is 15.9 Å². The van der Waals surface area contributed by atoms with Crippen LogP contribution in [0.1, 0.15) is 11.6 Å². The average molecular weight is 273 g/mol. The second kappa shape index (κ2) is 5.81. The van der Waals surface area contributed by atoms with Crippen LogP contribution < -0.4 is 5.32 Å². The Labute approximate surface area is 95.7 Å². The van der Waals surface area contributed by atoms with Gasteiger partial charge in [-0.25, -0.2) is 4.39 Å². The van der Waals surface area contributed by atoms with Crippen molar-refractivity contribution in [2.75, 3.05) is 13.2 Å². The molecule has 1 aromatic carbocycles. The van der Waals surface area contributed by atoms with Crippen LogP contribution in [0, 0.1) is 17.1 Å². The molecular formula is C10H10BrFN2O. The zero-order valence-electron chi connectivity index (χ0n) is 7.87. The molecule has 1 aromatic rings. The highest BCUT2D eigenvalue weighted by Crippen LogP contribution is 2.23. The predicted octanol–water partition coefficient (Wildman–Crippen LogP) is 1.73. The Balaban J connectivity index is 2.91. The molecule has 5 heteroatoms. The standard InChI is InChI=1S/C10H10BrFN2O/c11-9-2-1-7(12)5-8(9)10(6-13)14-3-4-15/h1-2,5,10,14-15H,3-4H2. The second-order valence-corrected chi connectivity index (χ2v) is 3.76. The van der Waals surface area contributed by atoms with Crippen molar-refractivity contribution in [3.05, 3.63) is 34.1 Å². The normalized spacial score (nSPS) is 12.1. The third kappa shape index (κ3) is 3.27. The molecule has 0 heterocycles. The molecular weight excluding hydrogens is 263 g/mol. The van der Waals surface area contributed by atoms with E-state index in [4.69, 9.17) is 10.4 Å². The van der Waals surface area contributed by atoms with Crippen LogP contribution in [0.2, 0.25) is 0 Å². The smallest absolute Gasteiger partial charge is 0.123 e. The number of nitriles is 1. The molecule has 0 fully saturated rings. The molecule has 0 aliphatic carbocycles. The maximum absolute atomic E-state index is 13.0. The summed E-state index contributed by atoms with van der Waals surface area (Å²) in [5, 5.41) is 20.3. The van der Waals surface area contributed by atoms with Crippen molar-refractivity contribution in [3.63, 3.8) is 0 Å². The minimum Gasteiger partial charge on any atom is -0.395 e. The lowest BCUT2D eigenvalue weighted by Crippen LogP contribution is -2.23. The summed E-state index contributed by atoms with van der Waals surface area (Å²) in [6, 6.07) is 5.54. The third-order valence-electron chi connectivity index (χ3n) is 1.86. The maximum atomic E-state index is 13.0. The number of halogens is 2. The van der Waals surface area contributed by atoms with Crippen molar-refractivity contribution in [1.82, 2.24) is 5.32 Å². The van der Waals surface area contributed by atoms with E-state index in [1.54, 1.807) is 6.07 Å². The summed E-state index contributed by atoms with van der Waals surface area (Å²) >= 11 is 3.24. The molecule has 0 aromatic heterocycles. The molecule has 3 nitrogen and oxygen atoms in total. The zero-order chi connectivity index (χ0) is 11.3. The van der Waals surface area contributed by atoms with Gasteiger partial charge in [-0.15, -0.1) is 0 Å². The average Bonchev–Trinajstić information content (AvgIpc) is 2.24. The highest BCUT2D eigenvalue weighted by atomic mass is 79.9. The molecule has 0 saturated carbocycles.